The molecule has 2 N–H and O–H groups in total. The Bertz CT molecular complexity index is 1520. The number of fused-ring (bicyclic) bond motifs is 1. The van der Waals surface area contributed by atoms with Gasteiger partial charge in [-0.05, 0) is 59.7 Å². The fourth-order valence-electron chi connectivity index (χ4n) is 3.89. The predicted octanol–water partition coefficient (Wildman–Crippen LogP) is 7.45. The Hall–Kier alpha value is -3.71. The molecule has 0 bridgehead atoms. The second kappa shape index (κ2) is 10.5. The van der Waals surface area contributed by atoms with Crippen molar-refractivity contribution in [2.75, 3.05) is 5.32 Å². The maximum absolute atomic E-state index is 13.3. The lowest BCUT2D eigenvalue weighted by Gasteiger charge is -2.18. The zero-order valence-electron chi connectivity index (χ0n) is 18.7. The fourth-order valence-corrected chi connectivity index (χ4v) is 4.41. The first-order valence-corrected chi connectivity index (χ1v) is 12.2. The van der Waals surface area contributed by atoms with Crippen LogP contribution in [0.25, 0.3) is 22.6 Å². The second-order valence-corrected chi connectivity index (χ2v) is 9.25. The second-order valence-electron chi connectivity index (χ2n) is 8.03. The minimum absolute atomic E-state index is 0.185. The van der Waals surface area contributed by atoms with Crippen LogP contribution in [0.5, 0.6) is 0 Å². The summed E-state index contributed by atoms with van der Waals surface area (Å²) in [4.78, 5) is 17.8. The molecule has 5 aromatic rings. The van der Waals surface area contributed by atoms with Crippen LogP contribution in [0.4, 0.5) is 5.69 Å². The van der Waals surface area contributed by atoms with E-state index in [4.69, 9.17) is 39.8 Å². The maximum Gasteiger partial charge on any atom is 0.238 e. The summed E-state index contributed by atoms with van der Waals surface area (Å²) in [7, 11) is 0. The van der Waals surface area contributed by atoms with Gasteiger partial charge in [0, 0.05) is 11.3 Å². The van der Waals surface area contributed by atoms with Crippen LogP contribution in [-0.4, -0.2) is 16.0 Å². The number of carbonyl (C=O) groups excluding carboxylic acids is 1. The number of carbonyl (C=O) groups is 1. The summed E-state index contributed by atoms with van der Waals surface area (Å²) in [6.07, 6.45) is 0. The Balaban J connectivity index is 1.33. The molecule has 4 aromatic carbocycles. The van der Waals surface area contributed by atoms with E-state index in [-0.39, 0.29) is 11.0 Å². The summed E-state index contributed by atoms with van der Waals surface area (Å²) in [5.74, 6) is -0.307. The van der Waals surface area contributed by atoms with E-state index in [9.17, 15) is 4.79 Å². The lowest BCUT2D eigenvalue weighted by atomic mass is 9.90. The Morgan fingerprint density at radius 2 is 1.50 bits per heavy atom. The van der Waals surface area contributed by atoms with Crippen molar-refractivity contribution in [2.24, 2.45) is 0 Å². The van der Waals surface area contributed by atoms with Crippen LogP contribution in [-0.2, 0) is 4.79 Å². The van der Waals surface area contributed by atoms with Gasteiger partial charge in [0.25, 0.3) is 0 Å². The lowest BCUT2D eigenvalue weighted by Crippen LogP contribution is -2.37. The van der Waals surface area contributed by atoms with Crippen molar-refractivity contribution in [1.82, 2.24) is 10.3 Å². The van der Waals surface area contributed by atoms with Crippen molar-refractivity contribution in [3.05, 3.63) is 118 Å². The van der Waals surface area contributed by atoms with Crippen LogP contribution in [0, 0.1) is 0 Å². The number of aromatic nitrogens is 1. The summed E-state index contributed by atoms with van der Waals surface area (Å²) < 4.78 is 5.86. The third kappa shape index (κ3) is 5.26. The number of thiocarbonyl (C=S) groups is 1. The smallest absolute Gasteiger partial charge is 0.238 e. The molecule has 0 atom stereocenters. The zero-order chi connectivity index (χ0) is 25.1. The number of hydrogen-bond donors (Lipinski definition) is 2. The molecule has 1 amide bonds. The monoisotopic (exact) mass is 531 g/mol. The average molecular weight is 532 g/mol. The molecule has 0 fully saturated rings. The normalized spacial score (nSPS) is 11.0. The lowest BCUT2D eigenvalue weighted by molar-refractivity contribution is -0.120. The van der Waals surface area contributed by atoms with Crippen LogP contribution in [0.3, 0.4) is 0 Å². The molecular weight excluding hydrogens is 513 g/mol. The number of halogens is 2. The Morgan fingerprint density at radius 3 is 2.14 bits per heavy atom. The predicted molar refractivity (Wildman–Crippen MR) is 149 cm³/mol. The highest BCUT2D eigenvalue weighted by Gasteiger charge is 2.23. The van der Waals surface area contributed by atoms with Crippen molar-refractivity contribution in [3.63, 3.8) is 0 Å². The van der Waals surface area contributed by atoms with Gasteiger partial charge in [-0.25, -0.2) is 4.98 Å². The number of nitrogens with zero attached hydrogens (tertiary/aromatic N) is 1. The molecule has 1 heterocycles. The maximum atomic E-state index is 13.3. The van der Waals surface area contributed by atoms with E-state index < -0.39 is 5.92 Å². The minimum atomic E-state index is -0.501. The highest BCUT2D eigenvalue weighted by Crippen LogP contribution is 2.31. The summed E-state index contributed by atoms with van der Waals surface area (Å²) in [5, 5.41) is 6.96. The first kappa shape index (κ1) is 24.0. The van der Waals surface area contributed by atoms with Crippen LogP contribution < -0.4 is 10.6 Å². The number of anilines is 1. The SMILES string of the molecule is O=C(NC(=S)Nc1ccc2oc(-c3ccc(Cl)c(Cl)c3)nc2c1)C(c1ccccc1)c1ccccc1. The van der Waals surface area contributed by atoms with Gasteiger partial charge in [0.05, 0.1) is 16.0 Å². The molecule has 36 heavy (non-hydrogen) atoms. The molecular formula is C28H19Cl2N3O2S. The summed E-state index contributed by atoms with van der Waals surface area (Å²) >= 11 is 17.6. The van der Waals surface area contributed by atoms with E-state index in [1.807, 2.05) is 60.7 Å². The van der Waals surface area contributed by atoms with Gasteiger partial charge in [-0.1, -0.05) is 83.9 Å². The topological polar surface area (TPSA) is 67.2 Å². The van der Waals surface area contributed by atoms with E-state index in [2.05, 4.69) is 15.6 Å². The number of rotatable bonds is 5. The third-order valence-corrected chi connectivity index (χ3v) is 6.52. The van der Waals surface area contributed by atoms with Gasteiger partial charge in [0.1, 0.15) is 5.52 Å². The number of oxazole rings is 1. The van der Waals surface area contributed by atoms with E-state index in [0.717, 1.165) is 11.1 Å². The summed E-state index contributed by atoms with van der Waals surface area (Å²) in [5.41, 5.74) is 4.36. The van der Waals surface area contributed by atoms with Crippen molar-refractivity contribution in [2.45, 2.75) is 5.92 Å². The van der Waals surface area contributed by atoms with Gasteiger partial charge in [0.15, 0.2) is 10.7 Å². The first-order chi connectivity index (χ1) is 17.5. The Labute approximate surface area is 223 Å². The van der Waals surface area contributed by atoms with Gasteiger partial charge in [0.2, 0.25) is 11.8 Å². The van der Waals surface area contributed by atoms with Crippen LogP contribution >= 0.6 is 35.4 Å². The van der Waals surface area contributed by atoms with Crippen molar-refractivity contribution in [1.29, 1.82) is 0 Å². The molecule has 5 rings (SSSR count). The highest BCUT2D eigenvalue weighted by molar-refractivity contribution is 7.80. The number of amides is 1. The summed E-state index contributed by atoms with van der Waals surface area (Å²) in [6, 6.07) is 29.8. The molecule has 8 heteroatoms. The Morgan fingerprint density at radius 1 is 0.833 bits per heavy atom. The largest absolute Gasteiger partial charge is 0.436 e. The van der Waals surface area contributed by atoms with Gasteiger partial charge in [-0.15, -0.1) is 0 Å². The van der Waals surface area contributed by atoms with Crippen molar-refractivity contribution >= 4 is 63.2 Å². The quantitative estimate of drug-likeness (QED) is 0.230. The number of benzene rings is 4. The van der Waals surface area contributed by atoms with Gasteiger partial charge >= 0.3 is 0 Å². The molecule has 0 saturated heterocycles. The minimum Gasteiger partial charge on any atom is -0.436 e. The zero-order valence-corrected chi connectivity index (χ0v) is 21.1. The first-order valence-electron chi connectivity index (χ1n) is 11.1. The molecule has 0 aliphatic rings. The van der Waals surface area contributed by atoms with Gasteiger partial charge in [-0.2, -0.15) is 0 Å². The molecule has 0 aliphatic carbocycles. The fraction of sp³-hybridized carbons (Fsp3) is 0.0357. The van der Waals surface area contributed by atoms with Gasteiger partial charge < -0.3 is 15.1 Å². The average Bonchev–Trinajstić information content (AvgIpc) is 3.30. The molecule has 0 radical (unpaired) electrons. The van der Waals surface area contributed by atoms with Crippen molar-refractivity contribution in [3.8, 4) is 11.5 Å². The molecule has 178 valence electrons. The third-order valence-electron chi connectivity index (χ3n) is 5.58. The highest BCUT2D eigenvalue weighted by atomic mass is 35.5. The number of nitrogens with one attached hydrogen (secondary N) is 2. The number of hydrogen-bond acceptors (Lipinski definition) is 4. The van der Waals surface area contributed by atoms with E-state index in [1.165, 1.54) is 0 Å². The van der Waals surface area contributed by atoms with E-state index >= 15 is 0 Å². The molecule has 0 spiro atoms. The van der Waals surface area contributed by atoms with Crippen LogP contribution in [0.2, 0.25) is 10.0 Å². The van der Waals surface area contributed by atoms with Crippen LogP contribution in [0.1, 0.15) is 17.0 Å². The van der Waals surface area contributed by atoms with E-state index in [0.29, 0.717) is 38.3 Å². The Kier molecular flexibility index (Phi) is 7.00. The molecule has 1 aromatic heterocycles. The summed E-state index contributed by atoms with van der Waals surface area (Å²) in [6.45, 7) is 0. The molecule has 0 saturated carbocycles. The molecule has 0 unspecified atom stereocenters. The van der Waals surface area contributed by atoms with Crippen LogP contribution in [0.15, 0.2) is 101 Å². The van der Waals surface area contributed by atoms with E-state index in [1.54, 1.807) is 36.4 Å². The molecule has 0 aliphatic heterocycles. The standard InChI is InChI=1S/C28H19Cl2N3O2S/c29-21-13-11-19(15-22(21)30)27-32-23-16-20(12-14-24(23)35-27)31-28(36)33-26(34)25(17-7-3-1-4-8-17)18-9-5-2-6-10-18/h1-16,25H,(H2,31,33,34,36). The molecule has 5 nitrogen and oxygen atoms in total. The van der Waals surface area contributed by atoms with Gasteiger partial charge in [-0.3, -0.25) is 4.79 Å². The van der Waals surface area contributed by atoms with Crippen molar-refractivity contribution < 1.29 is 9.21 Å².